The second-order valence-corrected chi connectivity index (χ2v) is 9.22. The third-order valence-electron chi connectivity index (χ3n) is 5.33. The van der Waals surface area contributed by atoms with Crippen molar-refractivity contribution >= 4 is 9.84 Å². The van der Waals surface area contributed by atoms with E-state index in [1.165, 1.54) is 6.42 Å². The van der Waals surface area contributed by atoms with Gasteiger partial charge in [-0.15, -0.1) is 5.10 Å². The smallest absolute Gasteiger partial charge is 0.166 e. The van der Waals surface area contributed by atoms with Gasteiger partial charge in [0.1, 0.15) is 5.75 Å². The van der Waals surface area contributed by atoms with Gasteiger partial charge in [-0.25, -0.2) is 13.1 Å². The van der Waals surface area contributed by atoms with E-state index >= 15 is 0 Å². The van der Waals surface area contributed by atoms with E-state index in [4.69, 9.17) is 0 Å². The summed E-state index contributed by atoms with van der Waals surface area (Å²) in [6.45, 7) is 0. The van der Waals surface area contributed by atoms with Gasteiger partial charge in [0.05, 0.1) is 11.3 Å². The van der Waals surface area contributed by atoms with Crippen molar-refractivity contribution < 1.29 is 8.42 Å². The van der Waals surface area contributed by atoms with Crippen molar-refractivity contribution in [2.24, 2.45) is 0 Å². The SMILES string of the molecule is O=S(=O)(Cc1nnnn1C1CCCCC1)C1Cc2ccccc2C1. The molecule has 0 bridgehead atoms. The zero-order valence-electron chi connectivity index (χ0n) is 13.6. The molecule has 0 atom stereocenters. The Labute approximate surface area is 142 Å². The number of aromatic nitrogens is 4. The molecule has 2 aliphatic carbocycles. The molecule has 1 saturated carbocycles. The molecular formula is C17H22N4O2S. The van der Waals surface area contributed by atoms with Crippen molar-refractivity contribution in [1.82, 2.24) is 20.2 Å². The zero-order chi connectivity index (χ0) is 16.6. The van der Waals surface area contributed by atoms with Crippen LogP contribution in [0.25, 0.3) is 0 Å². The fourth-order valence-electron chi connectivity index (χ4n) is 3.99. The third-order valence-corrected chi connectivity index (χ3v) is 7.34. The minimum Gasteiger partial charge on any atom is -0.228 e. The highest BCUT2D eigenvalue weighted by Crippen LogP contribution is 2.30. The molecule has 2 aromatic rings. The van der Waals surface area contributed by atoms with Gasteiger partial charge in [-0.1, -0.05) is 43.5 Å². The fourth-order valence-corrected chi connectivity index (χ4v) is 5.64. The van der Waals surface area contributed by atoms with Crippen molar-refractivity contribution in [3.63, 3.8) is 0 Å². The summed E-state index contributed by atoms with van der Waals surface area (Å²) in [5, 5.41) is 11.5. The Hall–Kier alpha value is -1.76. The lowest BCUT2D eigenvalue weighted by Crippen LogP contribution is -2.26. The van der Waals surface area contributed by atoms with Crippen LogP contribution in [0.4, 0.5) is 0 Å². The Morgan fingerprint density at radius 2 is 1.71 bits per heavy atom. The van der Waals surface area contributed by atoms with Crippen LogP contribution < -0.4 is 0 Å². The number of nitrogens with zero attached hydrogens (tertiary/aromatic N) is 4. The largest absolute Gasteiger partial charge is 0.228 e. The number of fused-ring (bicyclic) bond motifs is 1. The monoisotopic (exact) mass is 346 g/mol. The van der Waals surface area contributed by atoms with Gasteiger partial charge < -0.3 is 0 Å². The molecule has 1 fully saturated rings. The van der Waals surface area contributed by atoms with Crippen LogP contribution in [-0.2, 0) is 28.4 Å². The number of hydrogen-bond donors (Lipinski definition) is 0. The minimum absolute atomic E-state index is 0.0604. The highest BCUT2D eigenvalue weighted by Gasteiger charge is 2.34. The Balaban J connectivity index is 1.52. The van der Waals surface area contributed by atoms with Crippen LogP contribution in [0.2, 0.25) is 0 Å². The number of hydrogen-bond acceptors (Lipinski definition) is 5. The second-order valence-electron chi connectivity index (χ2n) is 6.94. The van der Waals surface area contributed by atoms with E-state index in [9.17, 15) is 8.42 Å². The van der Waals surface area contributed by atoms with Gasteiger partial charge in [-0.3, -0.25) is 0 Å². The molecule has 0 N–H and O–H groups in total. The van der Waals surface area contributed by atoms with Crippen molar-refractivity contribution in [3.8, 4) is 0 Å². The molecule has 2 aliphatic rings. The van der Waals surface area contributed by atoms with Gasteiger partial charge in [0.15, 0.2) is 15.7 Å². The first kappa shape index (κ1) is 15.7. The average Bonchev–Trinajstić information content (AvgIpc) is 3.22. The molecule has 1 aromatic carbocycles. The highest BCUT2D eigenvalue weighted by atomic mass is 32.2. The first-order valence-electron chi connectivity index (χ1n) is 8.68. The molecule has 0 aliphatic heterocycles. The molecule has 1 heterocycles. The predicted molar refractivity (Wildman–Crippen MR) is 90.2 cm³/mol. The first-order chi connectivity index (χ1) is 11.6. The summed E-state index contributed by atoms with van der Waals surface area (Å²) in [6.07, 6.45) is 6.84. The van der Waals surface area contributed by atoms with E-state index < -0.39 is 9.84 Å². The quantitative estimate of drug-likeness (QED) is 0.848. The van der Waals surface area contributed by atoms with Crippen LogP contribution in [-0.4, -0.2) is 33.9 Å². The molecule has 0 radical (unpaired) electrons. The van der Waals surface area contributed by atoms with E-state index in [2.05, 4.69) is 15.5 Å². The Kier molecular flexibility index (Phi) is 4.12. The molecular weight excluding hydrogens is 324 g/mol. The standard InChI is InChI=1S/C17H22N4O2S/c22-24(23,16-10-13-6-4-5-7-14(13)11-16)12-17-18-19-20-21(17)15-8-2-1-3-9-15/h4-7,15-16H,1-3,8-12H2. The van der Waals surface area contributed by atoms with Gasteiger partial charge in [0, 0.05) is 0 Å². The van der Waals surface area contributed by atoms with Crippen molar-refractivity contribution in [2.45, 2.75) is 62.0 Å². The summed E-state index contributed by atoms with van der Waals surface area (Å²) in [4.78, 5) is 0. The molecule has 0 amide bonds. The van der Waals surface area contributed by atoms with Gasteiger partial charge in [-0.05, 0) is 47.2 Å². The van der Waals surface area contributed by atoms with Crippen LogP contribution in [0.3, 0.4) is 0 Å². The Morgan fingerprint density at radius 3 is 2.38 bits per heavy atom. The van der Waals surface area contributed by atoms with Crippen molar-refractivity contribution in [3.05, 3.63) is 41.2 Å². The molecule has 0 spiro atoms. The third kappa shape index (κ3) is 2.97. The molecule has 1 aromatic heterocycles. The van der Waals surface area contributed by atoms with E-state index in [-0.39, 0.29) is 17.0 Å². The van der Waals surface area contributed by atoms with Crippen molar-refractivity contribution in [1.29, 1.82) is 0 Å². The van der Waals surface area contributed by atoms with E-state index in [1.54, 1.807) is 4.68 Å². The van der Waals surface area contributed by atoms with Gasteiger partial charge in [-0.2, -0.15) is 0 Å². The summed E-state index contributed by atoms with van der Waals surface area (Å²) < 4.78 is 27.6. The lowest BCUT2D eigenvalue weighted by atomic mass is 9.96. The molecule has 24 heavy (non-hydrogen) atoms. The number of sulfone groups is 1. The highest BCUT2D eigenvalue weighted by molar-refractivity contribution is 7.91. The second kappa shape index (κ2) is 6.27. The van der Waals surface area contributed by atoms with E-state index in [0.29, 0.717) is 18.7 Å². The van der Waals surface area contributed by atoms with Crippen LogP contribution in [0.15, 0.2) is 24.3 Å². The van der Waals surface area contributed by atoms with Crippen LogP contribution >= 0.6 is 0 Å². The minimum atomic E-state index is -3.28. The summed E-state index contributed by atoms with van der Waals surface area (Å²) in [5.41, 5.74) is 2.30. The molecule has 7 heteroatoms. The molecule has 128 valence electrons. The molecule has 0 unspecified atom stereocenters. The maximum Gasteiger partial charge on any atom is 0.166 e. The van der Waals surface area contributed by atoms with Crippen LogP contribution in [0, 0.1) is 0 Å². The average molecular weight is 346 g/mol. The normalized spacial score (nSPS) is 19.5. The van der Waals surface area contributed by atoms with Crippen LogP contribution in [0.1, 0.15) is 55.1 Å². The van der Waals surface area contributed by atoms with Gasteiger partial charge >= 0.3 is 0 Å². The summed E-state index contributed by atoms with van der Waals surface area (Å²) in [6, 6.07) is 8.24. The summed E-state index contributed by atoms with van der Waals surface area (Å²) in [7, 11) is -3.28. The lowest BCUT2D eigenvalue weighted by Gasteiger charge is -2.22. The topological polar surface area (TPSA) is 77.7 Å². The molecule has 4 rings (SSSR count). The summed E-state index contributed by atoms with van der Waals surface area (Å²) in [5.74, 6) is 0.438. The predicted octanol–water partition coefficient (Wildman–Crippen LogP) is 2.26. The number of benzene rings is 1. The maximum atomic E-state index is 12.9. The molecule has 0 saturated heterocycles. The Bertz CT molecular complexity index is 800. The fraction of sp³-hybridized carbons (Fsp3) is 0.588. The Morgan fingerprint density at radius 1 is 1.04 bits per heavy atom. The van der Waals surface area contributed by atoms with Gasteiger partial charge in [0.2, 0.25) is 0 Å². The first-order valence-corrected chi connectivity index (χ1v) is 10.4. The zero-order valence-corrected chi connectivity index (χ0v) is 14.5. The van der Waals surface area contributed by atoms with Gasteiger partial charge in [0.25, 0.3) is 0 Å². The van der Waals surface area contributed by atoms with Crippen LogP contribution in [0.5, 0.6) is 0 Å². The molecule has 6 nitrogen and oxygen atoms in total. The van der Waals surface area contributed by atoms with E-state index in [0.717, 1.165) is 36.8 Å². The van der Waals surface area contributed by atoms with E-state index in [1.807, 2.05) is 24.3 Å². The maximum absolute atomic E-state index is 12.9. The summed E-state index contributed by atoms with van der Waals surface area (Å²) >= 11 is 0. The number of tetrazole rings is 1. The lowest BCUT2D eigenvalue weighted by molar-refractivity contribution is 0.318. The van der Waals surface area contributed by atoms with Crippen molar-refractivity contribution in [2.75, 3.05) is 0 Å². The number of rotatable bonds is 4.